The fourth-order valence-corrected chi connectivity index (χ4v) is 0.806. The van der Waals surface area contributed by atoms with Gasteiger partial charge in [-0.25, -0.2) is 14.6 Å². The second-order valence-electron chi connectivity index (χ2n) is 2.05. The van der Waals surface area contributed by atoms with E-state index in [2.05, 4.69) is 15.5 Å². The van der Waals surface area contributed by atoms with Gasteiger partial charge in [0.2, 0.25) is 5.88 Å². The van der Waals surface area contributed by atoms with E-state index in [4.69, 9.17) is 9.90 Å². The van der Waals surface area contributed by atoms with Gasteiger partial charge >= 0.3 is 18.2 Å². The number of amides is 1. The monoisotopic (exact) mass is 258 g/mol. The lowest BCUT2D eigenvalue weighted by molar-refractivity contribution is -0.192. The highest BCUT2D eigenvalue weighted by molar-refractivity contribution is 7.07. The van der Waals surface area contributed by atoms with Gasteiger partial charge in [-0.15, -0.1) is 11.3 Å². The molecule has 0 unspecified atom stereocenters. The maximum Gasteiger partial charge on any atom is 0.490 e. The lowest BCUT2D eigenvalue weighted by atomic mass is 10.7. The van der Waals surface area contributed by atoms with E-state index < -0.39 is 18.2 Å². The molecule has 0 spiro atoms. The molecule has 0 aliphatic carbocycles. The lowest BCUT2D eigenvalue weighted by Gasteiger charge is -1.93. The third-order valence-corrected chi connectivity index (χ3v) is 1.42. The van der Waals surface area contributed by atoms with Crippen molar-refractivity contribution in [3.63, 3.8) is 0 Å². The Morgan fingerprint density at radius 1 is 1.50 bits per heavy atom. The van der Waals surface area contributed by atoms with Crippen molar-refractivity contribution in [2.75, 3.05) is 0 Å². The Morgan fingerprint density at radius 3 is 2.25 bits per heavy atom. The molecule has 0 aromatic carbocycles. The van der Waals surface area contributed by atoms with E-state index in [1.807, 2.05) is 0 Å². The Labute approximate surface area is 90.5 Å². The maximum absolute atomic E-state index is 10.6. The smallest absolute Gasteiger partial charge is 0.475 e. The van der Waals surface area contributed by atoms with E-state index in [9.17, 15) is 18.0 Å². The van der Waals surface area contributed by atoms with Gasteiger partial charge in [-0.1, -0.05) is 0 Å². The first-order valence-electron chi connectivity index (χ1n) is 3.39. The quantitative estimate of drug-likeness (QED) is 0.788. The summed E-state index contributed by atoms with van der Waals surface area (Å²) in [4.78, 5) is 22.6. The zero-order chi connectivity index (χ0) is 12.8. The van der Waals surface area contributed by atoms with Crippen molar-refractivity contribution in [1.82, 2.24) is 4.98 Å². The predicted octanol–water partition coefficient (Wildman–Crippen LogP) is 1.23. The van der Waals surface area contributed by atoms with Gasteiger partial charge in [0.15, 0.2) is 0 Å². The van der Waals surface area contributed by atoms with E-state index in [0.717, 1.165) is 0 Å². The zero-order valence-electron chi connectivity index (χ0n) is 7.39. The number of hydrogen-bond acceptors (Lipinski definition) is 5. The summed E-state index contributed by atoms with van der Waals surface area (Å²) >= 11 is 1.34. The normalized spacial score (nSPS) is 9.94. The number of thiazole rings is 1. The van der Waals surface area contributed by atoms with Gasteiger partial charge in [-0.05, 0) is 0 Å². The number of primary amides is 1. The second-order valence-corrected chi connectivity index (χ2v) is 2.77. The van der Waals surface area contributed by atoms with Gasteiger partial charge in [0.25, 0.3) is 0 Å². The van der Waals surface area contributed by atoms with Crippen LogP contribution in [0.2, 0.25) is 0 Å². The predicted molar refractivity (Wildman–Crippen MR) is 46.0 cm³/mol. The number of carboxylic acid groups (broad SMARTS) is 1. The molecule has 0 saturated carbocycles. The van der Waals surface area contributed by atoms with E-state index in [1.54, 1.807) is 10.9 Å². The number of hydrogen-bond donors (Lipinski definition) is 2. The molecule has 1 aromatic rings. The number of carbonyl (C=O) groups is 2. The molecule has 6 nitrogen and oxygen atoms in total. The van der Waals surface area contributed by atoms with Crippen LogP contribution in [0.25, 0.3) is 0 Å². The molecule has 10 heteroatoms. The van der Waals surface area contributed by atoms with Gasteiger partial charge in [0, 0.05) is 0 Å². The molecule has 90 valence electrons. The summed E-state index contributed by atoms with van der Waals surface area (Å²) < 4.78 is 36.1. The standard InChI is InChI=1S/C4H4N2O2S.C2HF3O2/c5-4(7)8-3-1-9-2-6-3;3-2(4,5)1(6)7/h1-2H,(H2,5,7);(H,6,7). The number of nitrogens with two attached hydrogens (primary N) is 1. The van der Waals surface area contributed by atoms with E-state index >= 15 is 0 Å². The van der Waals surface area contributed by atoms with Crippen molar-refractivity contribution >= 4 is 23.4 Å². The number of ether oxygens (including phenoxy) is 1. The largest absolute Gasteiger partial charge is 0.490 e. The number of alkyl halides is 3. The fourth-order valence-electron chi connectivity index (χ4n) is 0.355. The fraction of sp³-hybridized carbons (Fsp3) is 0.167. The molecule has 1 heterocycles. The first kappa shape index (κ1) is 14.2. The number of halogens is 3. The molecule has 16 heavy (non-hydrogen) atoms. The number of nitrogens with zero attached hydrogens (tertiary/aromatic N) is 1. The van der Waals surface area contributed by atoms with E-state index in [0.29, 0.717) is 0 Å². The average Bonchev–Trinajstić information content (AvgIpc) is 2.54. The van der Waals surface area contributed by atoms with Crippen LogP contribution in [0.1, 0.15) is 0 Å². The molecule has 0 fully saturated rings. The third-order valence-electron chi connectivity index (χ3n) is 0.857. The van der Waals surface area contributed by atoms with Crippen LogP contribution in [0.4, 0.5) is 18.0 Å². The minimum absolute atomic E-state index is 0.257. The summed E-state index contributed by atoms with van der Waals surface area (Å²) in [6.07, 6.45) is -5.92. The molecule has 3 N–H and O–H groups in total. The Balaban J connectivity index is 0.000000293. The van der Waals surface area contributed by atoms with Gasteiger partial charge in [0.1, 0.15) is 0 Å². The molecule has 0 atom stereocenters. The summed E-state index contributed by atoms with van der Waals surface area (Å²) in [5.41, 5.74) is 6.24. The van der Waals surface area contributed by atoms with Crippen LogP contribution in [0, 0.1) is 0 Å². The Bertz CT molecular complexity index is 351. The molecular formula is C6H5F3N2O4S. The average molecular weight is 258 g/mol. The van der Waals surface area contributed by atoms with E-state index in [-0.39, 0.29) is 5.88 Å². The van der Waals surface area contributed by atoms with Crippen LogP contribution < -0.4 is 10.5 Å². The summed E-state index contributed by atoms with van der Waals surface area (Å²) in [7, 11) is 0. The molecule has 1 rings (SSSR count). The summed E-state index contributed by atoms with van der Waals surface area (Å²) in [6.45, 7) is 0. The molecular weight excluding hydrogens is 253 g/mol. The molecule has 1 aromatic heterocycles. The Morgan fingerprint density at radius 2 is 2.00 bits per heavy atom. The van der Waals surface area contributed by atoms with Crippen molar-refractivity contribution in [3.05, 3.63) is 10.9 Å². The van der Waals surface area contributed by atoms with Crippen molar-refractivity contribution < 1.29 is 32.6 Å². The molecule has 0 radical (unpaired) electrons. The first-order chi connectivity index (χ1) is 7.23. The minimum Gasteiger partial charge on any atom is -0.475 e. The van der Waals surface area contributed by atoms with Gasteiger partial charge in [-0.2, -0.15) is 13.2 Å². The van der Waals surface area contributed by atoms with Crippen LogP contribution in [0.15, 0.2) is 10.9 Å². The molecule has 1 amide bonds. The lowest BCUT2D eigenvalue weighted by Crippen LogP contribution is -2.21. The highest BCUT2D eigenvalue weighted by atomic mass is 32.1. The van der Waals surface area contributed by atoms with Crippen LogP contribution >= 0.6 is 11.3 Å². The van der Waals surface area contributed by atoms with Gasteiger partial charge < -0.3 is 15.6 Å². The van der Waals surface area contributed by atoms with Gasteiger partial charge in [-0.3, -0.25) is 0 Å². The first-order valence-corrected chi connectivity index (χ1v) is 4.33. The summed E-state index contributed by atoms with van der Waals surface area (Å²) in [5.74, 6) is -2.50. The number of aromatic nitrogens is 1. The molecule has 0 aliphatic rings. The van der Waals surface area contributed by atoms with Crippen LogP contribution in [0.3, 0.4) is 0 Å². The third kappa shape index (κ3) is 6.59. The number of carbonyl (C=O) groups excluding carboxylic acids is 1. The number of aliphatic carboxylic acids is 1. The molecule has 0 aliphatic heterocycles. The molecule has 0 saturated heterocycles. The Kier molecular flexibility index (Phi) is 5.22. The highest BCUT2D eigenvalue weighted by Gasteiger charge is 2.38. The van der Waals surface area contributed by atoms with Crippen molar-refractivity contribution in [2.24, 2.45) is 5.73 Å². The van der Waals surface area contributed by atoms with Gasteiger partial charge in [0.05, 0.1) is 10.9 Å². The molecule has 0 bridgehead atoms. The van der Waals surface area contributed by atoms with Crippen molar-refractivity contribution in [3.8, 4) is 5.88 Å². The second kappa shape index (κ2) is 5.90. The van der Waals surface area contributed by atoms with Crippen molar-refractivity contribution in [1.29, 1.82) is 0 Å². The zero-order valence-corrected chi connectivity index (χ0v) is 8.21. The Hall–Kier alpha value is -1.84. The van der Waals surface area contributed by atoms with Crippen LogP contribution in [-0.4, -0.2) is 28.3 Å². The maximum atomic E-state index is 10.6. The highest BCUT2D eigenvalue weighted by Crippen LogP contribution is 2.13. The van der Waals surface area contributed by atoms with E-state index in [1.165, 1.54) is 11.3 Å². The minimum atomic E-state index is -5.08. The number of rotatable bonds is 1. The van der Waals surface area contributed by atoms with Crippen molar-refractivity contribution in [2.45, 2.75) is 6.18 Å². The summed E-state index contributed by atoms with van der Waals surface area (Å²) in [5, 5.41) is 8.71. The topological polar surface area (TPSA) is 103 Å². The summed E-state index contributed by atoms with van der Waals surface area (Å²) in [6, 6.07) is 0. The SMILES string of the molecule is NC(=O)Oc1cscn1.O=C(O)C(F)(F)F. The van der Waals surface area contributed by atoms with Crippen LogP contribution in [-0.2, 0) is 4.79 Å². The number of carboxylic acids is 1. The van der Waals surface area contributed by atoms with Crippen LogP contribution in [0.5, 0.6) is 5.88 Å².